The highest BCUT2D eigenvalue weighted by Crippen LogP contribution is 2.30. The minimum Gasteiger partial charge on any atom is -0.296 e. The van der Waals surface area contributed by atoms with Crippen molar-refractivity contribution in [3.8, 4) is 0 Å². The Labute approximate surface area is 141 Å². The van der Waals surface area contributed by atoms with Crippen LogP contribution in [0, 0.1) is 0 Å². The molecule has 2 aromatic rings. The molecule has 0 fully saturated rings. The van der Waals surface area contributed by atoms with Crippen molar-refractivity contribution in [3.63, 3.8) is 0 Å². The Kier molecular flexibility index (Phi) is 5.87. The highest BCUT2D eigenvalue weighted by Gasteiger charge is 2.14. The quantitative estimate of drug-likeness (QED) is 0.602. The maximum Gasteiger partial charge on any atom is 0.259 e. The number of hydrogen-bond donors (Lipinski definition) is 1. The third-order valence-electron chi connectivity index (χ3n) is 2.68. The summed E-state index contributed by atoms with van der Waals surface area (Å²) in [5.41, 5.74) is 0.354. The van der Waals surface area contributed by atoms with Crippen LogP contribution < -0.4 is 5.32 Å². The molecule has 0 radical (unpaired) electrons. The molecule has 1 heterocycles. The smallest absolute Gasteiger partial charge is 0.259 e. The van der Waals surface area contributed by atoms with E-state index in [9.17, 15) is 4.79 Å². The molecule has 1 aromatic carbocycles. The fourth-order valence-corrected chi connectivity index (χ4v) is 3.89. The van der Waals surface area contributed by atoms with Crippen molar-refractivity contribution in [2.24, 2.45) is 0 Å². The Morgan fingerprint density at radius 2 is 2.19 bits per heavy atom. The normalized spacial score (nSPS) is 12.2. The number of carbonyl (C=O) groups excluding carboxylic acids is 1. The van der Waals surface area contributed by atoms with Gasteiger partial charge in [0.2, 0.25) is 5.13 Å². The second kappa shape index (κ2) is 7.45. The van der Waals surface area contributed by atoms with Crippen molar-refractivity contribution < 1.29 is 4.79 Å². The molecule has 2 rings (SSSR count). The van der Waals surface area contributed by atoms with Crippen LogP contribution >= 0.6 is 46.3 Å². The molecule has 1 amide bonds. The van der Waals surface area contributed by atoms with Gasteiger partial charge >= 0.3 is 0 Å². The molecule has 0 spiro atoms. The highest BCUT2D eigenvalue weighted by molar-refractivity contribution is 8.01. The van der Waals surface area contributed by atoms with E-state index in [1.165, 1.54) is 17.4 Å². The first-order chi connectivity index (χ1) is 9.99. The molecule has 0 aliphatic carbocycles. The van der Waals surface area contributed by atoms with Gasteiger partial charge in [-0.2, -0.15) is 0 Å². The van der Waals surface area contributed by atoms with Crippen LogP contribution in [0.2, 0.25) is 10.0 Å². The van der Waals surface area contributed by atoms with Gasteiger partial charge in [-0.3, -0.25) is 10.1 Å². The zero-order valence-corrected chi connectivity index (χ0v) is 14.5. The number of hydrogen-bond acceptors (Lipinski definition) is 5. The number of benzene rings is 1. The maximum atomic E-state index is 12.1. The number of nitrogens with one attached hydrogen (secondary N) is 1. The lowest BCUT2D eigenvalue weighted by molar-refractivity contribution is 0.102. The first kappa shape index (κ1) is 16.5. The fourth-order valence-electron chi connectivity index (χ4n) is 1.40. The Morgan fingerprint density at radius 1 is 1.43 bits per heavy atom. The summed E-state index contributed by atoms with van der Waals surface area (Å²) in [4.78, 5) is 12.1. The van der Waals surface area contributed by atoms with Crippen LogP contribution in [0.15, 0.2) is 22.5 Å². The first-order valence-electron chi connectivity index (χ1n) is 6.26. The monoisotopic (exact) mass is 361 g/mol. The molecule has 0 saturated carbocycles. The van der Waals surface area contributed by atoms with Gasteiger partial charge < -0.3 is 0 Å². The summed E-state index contributed by atoms with van der Waals surface area (Å²) in [5.74, 6) is -0.326. The lowest BCUT2D eigenvalue weighted by Gasteiger charge is -2.04. The number of rotatable bonds is 5. The number of halogens is 2. The van der Waals surface area contributed by atoms with Gasteiger partial charge in [0, 0.05) is 10.3 Å². The molecule has 4 nitrogen and oxygen atoms in total. The molecule has 1 aromatic heterocycles. The van der Waals surface area contributed by atoms with Gasteiger partial charge in [0.25, 0.3) is 5.91 Å². The van der Waals surface area contributed by atoms with Crippen LogP contribution in [0.3, 0.4) is 0 Å². The Morgan fingerprint density at radius 3 is 2.86 bits per heavy atom. The van der Waals surface area contributed by atoms with Crippen molar-refractivity contribution in [2.45, 2.75) is 29.9 Å². The predicted octanol–water partition coefficient (Wildman–Crippen LogP) is 4.99. The molecule has 21 heavy (non-hydrogen) atoms. The Bertz CT molecular complexity index is 648. The number of aromatic nitrogens is 2. The van der Waals surface area contributed by atoms with Gasteiger partial charge in [0.15, 0.2) is 4.34 Å². The molecule has 112 valence electrons. The molecule has 0 aliphatic rings. The van der Waals surface area contributed by atoms with E-state index in [0.717, 1.165) is 10.8 Å². The molecule has 0 bridgehead atoms. The van der Waals surface area contributed by atoms with Gasteiger partial charge in [-0.05, 0) is 24.6 Å². The van der Waals surface area contributed by atoms with Crippen molar-refractivity contribution in [1.82, 2.24) is 10.2 Å². The Balaban J connectivity index is 2.06. The number of carbonyl (C=O) groups is 1. The first-order valence-corrected chi connectivity index (χ1v) is 8.71. The maximum absolute atomic E-state index is 12.1. The van der Waals surface area contributed by atoms with Crippen molar-refractivity contribution >= 4 is 57.3 Å². The van der Waals surface area contributed by atoms with Gasteiger partial charge in [-0.1, -0.05) is 60.1 Å². The highest BCUT2D eigenvalue weighted by atomic mass is 35.5. The molecular formula is C13H13Cl2N3OS2. The van der Waals surface area contributed by atoms with Crippen LogP contribution in [0.4, 0.5) is 5.13 Å². The fraction of sp³-hybridized carbons (Fsp3) is 0.308. The van der Waals surface area contributed by atoms with Gasteiger partial charge in [0.05, 0.1) is 10.6 Å². The summed E-state index contributed by atoms with van der Waals surface area (Å²) in [5, 5.41) is 12.4. The summed E-state index contributed by atoms with van der Waals surface area (Å²) in [6.45, 7) is 4.24. The lowest BCUT2D eigenvalue weighted by Crippen LogP contribution is -2.12. The van der Waals surface area contributed by atoms with Gasteiger partial charge in [-0.25, -0.2) is 0 Å². The van der Waals surface area contributed by atoms with Crippen molar-refractivity contribution in [3.05, 3.63) is 33.8 Å². The lowest BCUT2D eigenvalue weighted by atomic mass is 10.2. The van der Waals surface area contributed by atoms with Crippen LogP contribution in [-0.4, -0.2) is 21.4 Å². The van der Waals surface area contributed by atoms with Crippen molar-refractivity contribution in [2.75, 3.05) is 5.32 Å². The minimum atomic E-state index is -0.326. The zero-order chi connectivity index (χ0) is 15.4. The van der Waals surface area contributed by atoms with E-state index in [1.54, 1.807) is 23.9 Å². The van der Waals surface area contributed by atoms with E-state index in [0.29, 0.717) is 26.0 Å². The SMILES string of the molecule is CCC(C)Sc1nnc(NC(=O)c2ccc(Cl)cc2Cl)s1. The zero-order valence-electron chi connectivity index (χ0n) is 11.4. The largest absolute Gasteiger partial charge is 0.296 e. The molecule has 0 saturated heterocycles. The summed E-state index contributed by atoms with van der Waals surface area (Å²) in [6.07, 6.45) is 1.05. The third-order valence-corrected chi connectivity index (χ3v) is 5.42. The predicted molar refractivity (Wildman–Crippen MR) is 89.9 cm³/mol. The number of anilines is 1. The van der Waals surface area contributed by atoms with Gasteiger partial charge in [0.1, 0.15) is 0 Å². The Hall–Kier alpha value is -0.820. The van der Waals surface area contributed by atoms with E-state index in [1.807, 2.05) is 0 Å². The molecule has 1 atom stereocenters. The number of thioether (sulfide) groups is 1. The average molecular weight is 362 g/mol. The van der Waals surface area contributed by atoms with Gasteiger partial charge in [-0.15, -0.1) is 10.2 Å². The molecular weight excluding hydrogens is 349 g/mol. The average Bonchev–Trinajstić information content (AvgIpc) is 2.85. The van der Waals surface area contributed by atoms with E-state index >= 15 is 0 Å². The molecule has 1 unspecified atom stereocenters. The topological polar surface area (TPSA) is 54.9 Å². The van der Waals surface area contributed by atoms with Crippen LogP contribution in [0.25, 0.3) is 0 Å². The second-order valence-electron chi connectivity index (χ2n) is 4.29. The van der Waals surface area contributed by atoms with Crippen LogP contribution in [0.5, 0.6) is 0 Å². The summed E-state index contributed by atoms with van der Waals surface area (Å²) in [6, 6.07) is 4.73. The van der Waals surface area contributed by atoms with Crippen LogP contribution in [0.1, 0.15) is 30.6 Å². The van der Waals surface area contributed by atoms with E-state index < -0.39 is 0 Å². The van der Waals surface area contributed by atoms with Crippen molar-refractivity contribution in [1.29, 1.82) is 0 Å². The molecule has 1 N–H and O–H groups in total. The minimum absolute atomic E-state index is 0.304. The molecule has 0 aliphatic heterocycles. The summed E-state index contributed by atoms with van der Waals surface area (Å²) in [7, 11) is 0. The third kappa shape index (κ3) is 4.57. The van der Waals surface area contributed by atoms with E-state index in [-0.39, 0.29) is 5.91 Å². The summed E-state index contributed by atoms with van der Waals surface area (Å²) < 4.78 is 0.835. The van der Waals surface area contributed by atoms with E-state index in [2.05, 4.69) is 29.4 Å². The summed E-state index contributed by atoms with van der Waals surface area (Å²) >= 11 is 14.8. The van der Waals surface area contributed by atoms with Crippen LogP contribution in [-0.2, 0) is 0 Å². The number of amides is 1. The molecule has 8 heteroatoms. The number of nitrogens with zero attached hydrogens (tertiary/aromatic N) is 2. The standard InChI is InChI=1S/C13H13Cl2N3OS2/c1-3-7(2)20-13-18-17-12(21-13)16-11(19)9-5-4-8(14)6-10(9)15/h4-7H,3H2,1-2H3,(H,16,17,19). The van der Waals surface area contributed by atoms with E-state index in [4.69, 9.17) is 23.2 Å². The second-order valence-corrected chi connectivity index (χ2v) is 7.79.